The molecule has 1 aromatic rings. The van der Waals surface area contributed by atoms with Crippen LogP contribution in [0.2, 0.25) is 0 Å². The summed E-state index contributed by atoms with van der Waals surface area (Å²) in [5.41, 5.74) is 0.173. The molecule has 0 radical (unpaired) electrons. The van der Waals surface area contributed by atoms with Gasteiger partial charge in [0.1, 0.15) is 5.01 Å². The summed E-state index contributed by atoms with van der Waals surface area (Å²) in [6, 6.07) is 0. The molecule has 1 aromatic heterocycles. The van der Waals surface area contributed by atoms with Crippen molar-refractivity contribution >= 4 is 11.3 Å². The van der Waals surface area contributed by atoms with Crippen molar-refractivity contribution in [2.75, 3.05) is 6.54 Å². The molecule has 3 heteroatoms. The summed E-state index contributed by atoms with van der Waals surface area (Å²) in [6.45, 7) is 5.67. The number of hydrogen-bond donors (Lipinski definition) is 1. The Kier molecular flexibility index (Phi) is 5.83. The van der Waals surface area contributed by atoms with E-state index in [1.165, 1.54) is 56.4 Å². The lowest BCUT2D eigenvalue weighted by molar-refractivity contribution is 0.284. The van der Waals surface area contributed by atoms with E-state index in [-0.39, 0.29) is 5.54 Å². The van der Waals surface area contributed by atoms with E-state index < -0.39 is 0 Å². The number of thiazole rings is 1. The monoisotopic (exact) mass is 280 g/mol. The molecule has 2 unspecified atom stereocenters. The Labute approximate surface area is 122 Å². The molecular weight excluding hydrogens is 252 g/mol. The Bertz CT molecular complexity index is 350. The van der Waals surface area contributed by atoms with Crippen LogP contribution >= 0.6 is 11.3 Å². The lowest BCUT2D eigenvalue weighted by Crippen LogP contribution is -2.42. The standard InChI is InChI=1S/C16H28N2S/c1-3-6-14-7-5-9-16(10-8-14,18-11-4-2)15-17-12-13-19-15/h12-14,18H,3-11H2,1-2H3. The van der Waals surface area contributed by atoms with Crippen molar-refractivity contribution in [3.8, 4) is 0 Å². The van der Waals surface area contributed by atoms with Crippen LogP contribution in [-0.4, -0.2) is 11.5 Å². The van der Waals surface area contributed by atoms with Gasteiger partial charge in [-0.3, -0.25) is 0 Å². The number of aromatic nitrogens is 1. The van der Waals surface area contributed by atoms with Gasteiger partial charge in [-0.15, -0.1) is 11.3 Å². The van der Waals surface area contributed by atoms with Gasteiger partial charge >= 0.3 is 0 Å². The summed E-state index contributed by atoms with van der Waals surface area (Å²) >= 11 is 1.83. The Balaban J connectivity index is 2.10. The first-order chi connectivity index (χ1) is 9.30. The van der Waals surface area contributed by atoms with Crippen LogP contribution in [0.1, 0.15) is 70.2 Å². The van der Waals surface area contributed by atoms with Crippen LogP contribution in [0.5, 0.6) is 0 Å². The van der Waals surface area contributed by atoms with Gasteiger partial charge in [0.25, 0.3) is 0 Å². The fourth-order valence-corrected chi connectivity index (χ4v) is 4.27. The molecule has 1 aliphatic rings. The van der Waals surface area contributed by atoms with E-state index in [0.717, 1.165) is 12.5 Å². The molecular formula is C16H28N2S. The third-order valence-corrected chi connectivity index (χ3v) is 5.42. The minimum Gasteiger partial charge on any atom is -0.305 e. The van der Waals surface area contributed by atoms with Crippen LogP contribution in [0, 0.1) is 5.92 Å². The minimum atomic E-state index is 0.173. The lowest BCUT2D eigenvalue weighted by Gasteiger charge is -2.32. The topological polar surface area (TPSA) is 24.9 Å². The maximum atomic E-state index is 4.63. The Hall–Kier alpha value is -0.410. The Morgan fingerprint density at radius 2 is 2.21 bits per heavy atom. The van der Waals surface area contributed by atoms with Crippen molar-refractivity contribution in [3.05, 3.63) is 16.6 Å². The van der Waals surface area contributed by atoms with Gasteiger partial charge in [-0.2, -0.15) is 0 Å². The zero-order chi connectivity index (χ0) is 13.6. The number of hydrogen-bond acceptors (Lipinski definition) is 3. The first-order valence-electron chi connectivity index (χ1n) is 7.95. The molecule has 19 heavy (non-hydrogen) atoms. The summed E-state index contributed by atoms with van der Waals surface area (Å²) < 4.78 is 0. The average molecular weight is 280 g/mol. The van der Waals surface area contributed by atoms with Crippen LogP contribution in [0.3, 0.4) is 0 Å². The van der Waals surface area contributed by atoms with Crippen molar-refractivity contribution in [1.29, 1.82) is 0 Å². The Morgan fingerprint density at radius 1 is 1.32 bits per heavy atom. The molecule has 1 saturated carbocycles. The molecule has 1 fully saturated rings. The predicted molar refractivity (Wildman–Crippen MR) is 83.6 cm³/mol. The maximum absolute atomic E-state index is 4.63. The second-order valence-electron chi connectivity index (χ2n) is 5.93. The molecule has 0 bridgehead atoms. The zero-order valence-electron chi connectivity index (χ0n) is 12.5. The third-order valence-electron chi connectivity index (χ3n) is 4.45. The van der Waals surface area contributed by atoms with E-state index >= 15 is 0 Å². The number of rotatable bonds is 6. The van der Waals surface area contributed by atoms with Crippen molar-refractivity contribution < 1.29 is 0 Å². The molecule has 2 nitrogen and oxygen atoms in total. The van der Waals surface area contributed by atoms with Crippen LogP contribution < -0.4 is 5.32 Å². The summed E-state index contributed by atoms with van der Waals surface area (Å²) in [7, 11) is 0. The zero-order valence-corrected chi connectivity index (χ0v) is 13.3. The van der Waals surface area contributed by atoms with E-state index in [0.29, 0.717) is 0 Å². The highest BCUT2D eigenvalue weighted by Crippen LogP contribution is 2.39. The number of nitrogens with one attached hydrogen (secondary N) is 1. The molecule has 2 atom stereocenters. The first-order valence-corrected chi connectivity index (χ1v) is 8.83. The van der Waals surface area contributed by atoms with Gasteiger partial charge in [0, 0.05) is 11.6 Å². The molecule has 2 rings (SSSR count). The quantitative estimate of drug-likeness (QED) is 0.763. The fraction of sp³-hybridized carbons (Fsp3) is 0.812. The molecule has 0 aliphatic heterocycles. The van der Waals surface area contributed by atoms with Gasteiger partial charge < -0.3 is 5.32 Å². The maximum Gasteiger partial charge on any atom is 0.113 e. The summed E-state index contributed by atoms with van der Waals surface area (Å²) in [4.78, 5) is 4.63. The van der Waals surface area contributed by atoms with Crippen LogP contribution in [0.4, 0.5) is 0 Å². The van der Waals surface area contributed by atoms with Crippen LogP contribution in [0.15, 0.2) is 11.6 Å². The van der Waals surface area contributed by atoms with Gasteiger partial charge in [0.15, 0.2) is 0 Å². The van der Waals surface area contributed by atoms with Gasteiger partial charge in [-0.05, 0) is 38.1 Å². The lowest BCUT2D eigenvalue weighted by atomic mass is 9.89. The predicted octanol–water partition coefficient (Wildman–Crippen LogP) is 4.72. The highest BCUT2D eigenvalue weighted by atomic mass is 32.1. The van der Waals surface area contributed by atoms with E-state index in [2.05, 4.69) is 29.5 Å². The van der Waals surface area contributed by atoms with Gasteiger partial charge in [-0.25, -0.2) is 4.98 Å². The normalized spacial score (nSPS) is 28.2. The highest BCUT2D eigenvalue weighted by molar-refractivity contribution is 7.09. The van der Waals surface area contributed by atoms with E-state index in [1.54, 1.807) is 0 Å². The van der Waals surface area contributed by atoms with Crippen molar-refractivity contribution in [2.45, 2.75) is 70.8 Å². The smallest absolute Gasteiger partial charge is 0.113 e. The molecule has 108 valence electrons. The molecule has 0 aromatic carbocycles. The van der Waals surface area contributed by atoms with Crippen LogP contribution in [-0.2, 0) is 5.54 Å². The molecule has 1 N–H and O–H groups in total. The van der Waals surface area contributed by atoms with Crippen molar-refractivity contribution in [1.82, 2.24) is 10.3 Å². The second-order valence-corrected chi connectivity index (χ2v) is 6.83. The molecule has 0 spiro atoms. The largest absolute Gasteiger partial charge is 0.305 e. The summed E-state index contributed by atoms with van der Waals surface area (Å²) in [6.07, 6.45) is 12.6. The molecule has 0 saturated heterocycles. The van der Waals surface area contributed by atoms with Crippen molar-refractivity contribution in [2.24, 2.45) is 5.92 Å². The van der Waals surface area contributed by atoms with Crippen LogP contribution in [0.25, 0.3) is 0 Å². The molecule has 1 aliphatic carbocycles. The Morgan fingerprint density at radius 3 is 2.89 bits per heavy atom. The van der Waals surface area contributed by atoms with Gasteiger partial charge in [0.05, 0.1) is 5.54 Å². The van der Waals surface area contributed by atoms with E-state index in [1.807, 2.05) is 17.5 Å². The third kappa shape index (κ3) is 3.79. The summed E-state index contributed by atoms with van der Waals surface area (Å²) in [5, 5.41) is 7.28. The average Bonchev–Trinajstić information content (AvgIpc) is 2.88. The molecule has 0 amide bonds. The summed E-state index contributed by atoms with van der Waals surface area (Å²) in [5.74, 6) is 0.940. The molecule has 1 heterocycles. The SMILES string of the molecule is CCCNC1(c2nccs2)CCCC(CCC)CC1. The fourth-order valence-electron chi connectivity index (χ4n) is 3.40. The van der Waals surface area contributed by atoms with Gasteiger partial charge in [-0.1, -0.05) is 39.5 Å². The second kappa shape index (κ2) is 7.39. The van der Waals surface area contributed by atoms with E-state index in [9.17, 15) is 0 Å². The first kappa shape index (κ1) is 15.0. The number of nitrogens with zero attached hydrogens (tertiary/aromatic N) is 1. The van der Waals surface area contributed by atoms with Gasteiger partial charge in [0.2, 0.25) is 0 Å². The highest BCUT2D eigenvalue weighted by Gasteiger charge is 2.36. The van der Waals surface area contributed by atoms with Crippen molar-refractivity contribution in [3.63, 3.8) is 0 Å². The minimum absolute atomic E-state index is 0.173. The van der Waals surface area contributed by atoms with E-state index in [4.69, 9.17) is 0 Å².